The standard InChI is InChI=1S/C16H23FN2O3/c1-2-14(22-15-6-4-3-5-13(15)17)16(21)19-9-7-18(8-10-19)11-12-20/h3-6,14,20H,2,7-12H2,1H3. The van der Waals surface area contributed by atoms with Crippen molar-refractivity contribution >= 4 is 5.91 Å². The molecule has 0 spiro atoms. The van der Waals surface area contributed by atoms with E-state index in [4.69, 9.17) is 9.84 Å². The molecule has 1 unspecified atom stereocenters. The molecular weight excluding hydrogens is 287 g/mol. The smallest absolute Gasteiger partial charge is 0.263 e. The average Bonchev–Trinajstić information content (AvgIpc) is 2.54. The predicted octanol–water partition coefficient (Wildman–Crippen LogP) is 1.12. The summed E-state index contributed by atoms with van der Waals surface area (Å²) in [5, 5.41) is 8.93. The predicted molar refractivity (Wildman–Crippen MR) is 81.2 cm³/mol. The minimum Gasteiger partial charge on any atom is -0.478 e. The van der Waals surface area contributed by atoms with Gasteiger partial charge in [-0.15, -0.1) is 0 Å². The van der Waals surface area contributed by atoms with Gasteiger partial charge in [0.15, 0.2) is 17.7 Å². The van der Waals surface area contributed by atoms with Crippen molar-refractivity contribution in [2.24, 2.45) is 0 Å². The number of para-hydroxylation sites is 1. The van der Waals surface area contributed by atoms with E-state index in [1.807, 2.05) is 6.92 Å². The third-order valence-corrected chi connectivity index (χ3v) is 3.85. The molecule has 0 radical (unpaired) electrons. The van der Waals surface area contributed by atoms with Gasteiger partial charge in [0, 0.05) is 32.7 Å². The second-order valence-corrected chi connectivity index (χ2v) is 5.34. The van der Waals surface area contributed by atoms with Gasteiger partial charge in [-0.3, -0.25) is 9.69 Å². The molecule has 0 bridgehead atoms. The summed E-state index contributed by atoms with van der Waals surface area (Å²) in [6.07, 6.45) is -0.175. The van der Waals surface area contributed by atoms with Crippen molar-refractivity contribution < 1.29 is 19.0 Å². The number of carbonyl (C=O) groups excluding carboxylic acids is 1. The van der Waals surface area contributed by atoms with Crippen LogP contribution in [0.2, 0.25) is 0 Å². The Hall–Kier alpha value is -1.66. The van der Waals surface area contributed by atoms with Gasteiger partial charge in [0.2, 0.25) is 0 Å². The Morgan fingerprint density at radius 3 is 2.59 bits per heavy atom. The number of β-amino-alcohol motifs (C(OH)–C–C–N with tert-alkyl or cyclic N) is 1. The quantitative estimate of drug-likeness (QED) is 0.855. The molecule has 1 aliphatic rings. The van der Waals surface area contributed by atoms with Crippen molar-refractivity contribution in [2.45, 2.75) is 19.4 Å². The highest BCUT2D eigenvalue weighted by Gasteiger charge is 2.28. The van der Waals surface area contributed by atoms with E-state index in [9.17, 15) is 9.18 Å². The maximum absolute atomic E-state index is 13.6. The number of amides is 1. The Morgan fingerprint density at radius 2 is 2.00 bits per heavy atom. The largest absolute Gasteiger partial charge is 0.478 e. The van der Waals surface area contributed by atoms with Crippen LogP contribution < -0.4 is 4.74 Å². The first-order chi connectivity index (χ1) is 10.7. The van der Waals surface area contributed by atoms with Crippen molar-refractivity contribution in [3.8, 4) is 5.75 Å². The van der Waals surface area contributed by atoms with Gasteiger partial charge >= 0.3 is 0 Å². The number of piperazine rings is 1. The van der Waals surface area contributed by atoms with Crippen molar-refractivity contribution in [3.63, 3.8) is 0 Å². The lowest BCUT2D eigenvalue weighted by atomic mass is 10.2. The normalized spacial score (nSPS) is 17.3. The number of benzene rings is 1. The number of hydrogen-bond acceptors (Lipinski definition) is 4. The zero-order chi connectivity index (χ0) is 15.9. The fraction of sp³-hybridized carbons (Fsp3) is 0.562. The molecule has 1 amide bonds. The Balaban J connectivity index is 1.94. The van der Waals surface area contributed by atoms with Crippen molar-refractivity contribution in [1.82, 2.24) is 9.80 Å². The zero-order valence-corrected chi connectivity index (χ0v) is 12.9. The molecule has 1 saturated heterocycles. The summed E-state index contributed by atoms with van der Waals surface area (Å²) in [6.45, 7) is 5.30. The monoisotopic (exact) mass is 310 g/mol. The van der Waals surface area contributed by atoms with Gasteiger partial charge in [-0.1, -0.05) is 19.1 Å². The van der Waals surface area contributed by atoms with Crippen LogP contribution in [0.15, 0.2) is 24.3 Å². The minimum absolute atomic E-state index is 0.102. The highest BCUT2D eigenvalue weighted by atomic mass is 19.1. The van der Waals surface area contributed by atoms with E-state index in [-0.39, 0.29) is 18.3 Å². The average molecular weight is 310 g/mol. The van der Waals surface area contributed by atoms with Gasteiger partial charge in [-0.05, 0) is 18.6 Å². The molecule has 1 N–H and O–H groups in total. The lowest BCUT2D eigenvalue weighted by Gasteiger charge is -2.36. The molecule has 1 atom stereocenters. The number of aliphatic hydroxyl groups is 1. The molecule has 1 aromatic carbocycles. The Morgan fingerprint density at radius 1 is 1.32 bits per heavy atom. The van der Waals surface area contributed by atoms with Gasteiger partial charge < -0.3 is 14.7 Å². The summed E-state index contributed by atoms with van der Waals surface area (Å²) in [4.78, 5) is 16.4. The zero-order valence-electron chi connectivity index (χ0n) is 12.9. The first-order valence-electron chi connectivity index (χ1n) is 7.69. The molecule has 6 heteroatoms. The molecule has 5 nitrogen and oxygen atoms in total. The number of nitrogens with zero attached hydrogens (tertiary/aromatic N) is 2. The summed E-state index contributed by atoms with van der Waals surface area (Å²) in [5.41, 5.74) is 0. The number of hydrogen-bond donors (Lipinski definition) is 1. The first kappa shape index (κ1) is 16.7. The lowest BCUT2D eigenvalue weighted by Crippen LogP contribution is -2.52. The number of rotatable bonds is 6. The highest BCUT2D eigenvalue weighted by molar-refractivity contribution is 5.81. The van der Waals surface area contributed by atoms with Gasteiger partial charge in [0.25, 0.3) is 5.91 Å². The minimum atomic E-state index is -0.665. The van der Waals surface area contributed by atoms with Crippen LogP contribution in [0.3, 0.4) is 0 Å². The molecule has 1 fully saturated rings. The fourth-order valence-electron chi connectivity index (χ4n) is 2.54. The lowest BCUT2D eigenvalue weighted by molar-refractivity contribution is -0.140. The van der Waals surface area contributed by atoms with E-state index in [2.05, 4.69) is 4.90 Å². The molecular formula is C16H23FN2O3. The summed E-state index contributed by atoms with van der Waals surface area (Å²) in [5.74, 6) is -0.447. The SMILES string of the molecule is CCC(Oc1ccccc1F)C(=O)N1CCN(CCO)CC1. The van der Waals surface area contributed by atoms with E-state index < -0.39 is 11.9 Å². The van der Waals surface area contributed by atoms with Crippen LogP contribution in [0.5, 0.6) is 5.75 Å². The molecule has 1 aromatic rings. The van der Waals surface area contributed by atoms with Crippen molar-refractivity contribution in [2.75, 3.05) is 39.3 Å². The van der Waals surface area contributed by atoms with Crippen LogP contribution in [-0.4, -0.2) is 66.2 Å². The fourth-order valence-corrected chi connectivity index (χ4v) is 2.54. The summed E-state index contributed by atoms with van der Waals surface area (Å²) in [7, 11) is 0. The topological polar surface area (TPSA) is 53.0 Å². The van der Waals surface area contributed by atoms with E-state index in [0.29, 0.717) is 26.1 Å². The van der Waals surface area contributed by atoms with Crippen LogP contribution in [0.1, 0.15) is 13.3 Å². The maximum atomic E-state index is 13.6. The van der Waals surface area contributed by atoms with Crippen molar-refractivity contribution in [3.05, 3.63) is 30.1 Å². The third-order valence-electron chi connectivity index (χ3n) is 3.85. The van der Waals surface area contributed by atoms with Crippen LogP contribution in [0.25, 0.3) is 0 Å². The maximum Gasteiger partial charge on any atom is 0.263 e. The first-order valence-corrected chi connectivity index (χ1v) is 7.69. The van der Waals surface area contributed by atoms with Crippen LogP contribution in [0, 0.1) is 5.82 Å². The molecule has 0 aromatic heterocycles. The second kappa shape index (κ2) is 8.10. The molecule has 0 aliphatic carbocycles. The number of aliphatic hydroxyl groups excluding tert-OH is 1. The summed E-state index contributed by atoms with van der Waals surface area (Å²) < 4.78 is 19.2. The van der Waals surface area contributed by atoms with E-state index in [1.54, 1.807) is 17.0 Å². The Labute approximate surface area is 130 Å². The van der Waals surface area contributed by atoms with Gasteiger partial charge in [0.05, 0.1) is 6.61 Å². The molecule has 1 heterocycles. The van der Waals surface area contributed by atoms with Gasteiger partial charge in [-0.2, -0.15) is 0 Å². The third kappa shape index (κ3) is 4.18. The summed E-state index contributed by atoms with van der Waals surface area (Å²) >= 11 is 0. The molecule has 22 heavy (non-hydrogen) atoms. The van der Waals surface area contributed by atoms with E-state index in [1.165, 1.54) is 12.1 Å². The summed E-state index contributed by atoms with van der Waals surface area (Å²) in [6, 6.07) is 6.12. The highest BCUT2D eigenvalue weighted by Crippen LogP contribution is 2.19. The van der Waals surface area contributed by atoms with Crippen LogP contribution in [0.4, 0.5) is 4.39 Å². The number of ether oxygens (including phenoxy) is 1. The van der Waals surface area contributed by atoms with Gasteiger partial charge in [-0.25, -0.2) is 4.39 Å². The Kier molecular flexibility index (Phi) is 6.15. The molecule has 122 valence electrons. The molecule has 2 rings (SSSR count). The van der Waals surface area contributed by atoms with E-state index in [0.717, 1.165) is 13.1 Å². The van der Waals surface area contributed by atoms with E-state index >= 15 is 0 Å². The second-order valence-electron chi connectivity index (χ2n) is 5.34. The molecule has 0 saturated carbocycles. The number of halogens is 1. The molecule has 1 aliphatic heterocycles. The van der Waals surface area contributed by atoms with Crippen molar-refractivity contribution in [1.29, 1.82) is 0 Å². The Bertz CT molecular complexity index is 490. The van der Waals surface area contributed by atoms with Crippen LogP contribution in [-0.2, 0) is 4.79 Å². The van der Waals surface area contributed by atoms with Crippen LogP contribution >= 0.6 is 0 Å². The van der Waals surface area contributed by atoms with Gasteiger partial charge in [0.1, 0.15) is 0 Å². The number of carbonyl (C=O) groups is 1.